The summed E-state index contributed by atoms with van der Waals surface area (Å²) in [5.41, 5.74) is 1.43. The molecule has 0 atom stereocenters. The van der Waals surface area contributed by atoms with Crippen molar-refractivity contribution in [1.29, 1.82) is 0 Å². The molecule has 1 aromatic carbocycles. The Kier molecular flexibility index (Phi) is 3.35. The Morgan fingerprint density at radius 1 is 1.42 bits per heavy atom. The number of carbonyl (C=O) groups excluding carboxylic acids is 1. The summed E-state index contributed by atoms with van der Waals surface area (Å²) in [4.78, 5) is 14.9. The van der Waals surface area contributed by atoms with Crippen molar-refractivity contribution in [2.75, 3.05) is 13.6 Å². The van der Waals surface area contributed by atoms with Gasteiger partial charge in [0.25, 0.3) is 5.91 Å². The highest BCUT2D eigenvalue weighted by Gasteiger charge is 2.29. The number of alkyl halides is 1. The fourth-order valence-corrected chi connectivity index (χ4v) is 3.68. The average molecular weight is 322 g/mol. The second kappa shape index (κ2) is 5.00. The van der Waals surface area contributed by atoms with E-state index in [-0.39, 0.29) is 5.91 Å². The molecule has 0 saturated heterocycles. The maximum atomic E-state index is 12.4. The molecule has 0 N–H and O–H groups in total. The van der Waals surface area contributed by atoms with Crippen molar-refractivity contribution in [3.63, 3.8) is 0 Å². The maximum Gasteiger partial charge on any atom is 0.257 e. The zero-order valence-corrected chi connectivity index (χ0v) is 12.4. The van der Waals surface area contributed by atoms with Crippen LogP contribution in [0.2, 0.25) is 0 Å². The van der Waals surface area contributed by atoms with E-state index in [1.165, 1.54) is 0 Å². The maximum absolute atomic E-state index is 12.4. The van der Waals surface area contributed by atoms with E-state index in [1.807, 2.05) is 31.3 Å². The fourth-order valence-electron chi connectivity index (χ4n) is 2.62. The Balaban J connectivity index is 1.75. The molecule has 1 aliphatic carbocycles. The molecule has 19 heavy (non-hydrogen) atoms. The molecule has 1 fully saturated rings. The third kappa shape index (κ3) is 2.41. The van der Waals surface area contributed by atoms with Crippen molar-refractivity contribution in [2.24, 2.45) is 5.92 Å². The Morgan fingerprint density at radius 2 is 2.16 bits per heavy atom. The summed E-state index contributed by atoms with van der Waals surface area (Å²) >= 11 is 3.58. The molecule has 3 nitrogen and oxygen atoms in total. The minimum atomic E-state index is 0.0444. The highest BCUT2D eigenvalue weighted by molar-refractivity contribution is 9.09. The van der Waals surface area contributed by atoms with Crippen LogP contribution in [0.3, 0.4) is 0 Å². The lowest BCUT2D eigenvalue weighted by Gasteiger charge is -2.34. The van der Waals surface area contributed by atoms with Gasteiger partial charge < -0.3 is 9.32 Å². The zero-order valence-electron chi connectivity index (χ0n) is 10.8. The number of halogens is 1. The zero-order chi connectivity index (χ0) is 13.4. The van der Waals surface area contributed by atoms with Gasteiger partial charge in [-0.1, -0.05) is 34.1 Å². The molecular weight excluding hydrogens is 306 g/mol. The number of nitrogens with zero attached hydrogens (tertiary/aromatic N) is 1. The monoisotopic (exact) mass is 321 g/mol. The molecule has 3 rings (SSSR count). The van der Waals surface area contributed by atoms with Crippen molar-refractivity contribution in [2.45, 2.75) is 17.7 Å². The van der Waals surface area contributed by atoms with Gasteiger partial charge in [0.15, 0.2) is 0 Å². The van der Waals surface area contributed by atoms with Crippen LogP contribution in [0, 0.1) is 5.92 Å². The first-order valence-electron chi connectivity index (χ1n) is 6.51. The van der Waals surface area contributed by atoms with E-state index in [9.17, 15) is 4.79 Å². The van der Waals surface area contributed by atoms with E-state index in [2.05, 4.69) is 15.9 Å². The van der Waals surface area contributed by atoms with Gasteiger partial charge in [-0.2, -0.15) is 0 Å². The molecule has 2 aromatic rings. The number of carbonyl (C=O) groups is 1. The largest absolute Gasteiger partial charge is 0.463 e. The lowest BCUT2D eigenvalue weighted by atomic mass is 9.85. The molecule has 100 valence electrons. The van der Waals surface area contributed by atoms with Gasteiger partial charge >= 0.3 is 0 Å². The normalized spacial score (nSPS) is 22.2. The molecule has 1 heterocycles. The lowest BCUT2D eigenvalue weighted by molar-refractivity contribution is 0.0749. The van der Waals surface area contributed by atoms with Crippen LogP contribution in [0.4, 0.5) is 0 Å². The summed E-state index contributed by atoms with van der Waals surface area (Å²) in [5, 5.41) is 0.895. The van der Waals surface area contributed by atoms with Crippen LogP contribution in [0.15, 0.2) is 34.9 Å². The second-order valence-corrected chi connectivity index (χ2v) is 6.56. The van der Waals surface area contributed by atoms with Crippen LogP contribution in [-0.2, 0) is 0 Å². The molecule has 0 aliphatic heterocycles. The van der Waals surface area contributed by atoms with Gasteiger partial charge in [0.1, 0.15) is 11.8 Å². The quantitative estimate of drug-likeness (QED) is 0.808. The number of benzene rings is 1. The van der Waals surface area contributed by atoms with E-state index in [0.29, 0.717) is 16.3 Å². The molecule has 0 unspecified atom stereocenters. The summed E-state index contributed by atoms with van der Waals surface area (Å²) in [5.74, 6) is 0.666. The van der Waals surface area contributed by atoms with Crippen LogP contribution < -0.4 is 0 Å². The molecular formula is C15H16BrNO2. The smallest absolute Gasteiger partial charge is 0.257 e. The Labute approximate surface area is 120 Å². The van der Waals surface area contributed by atoms with E-state index in [4.69, 9.17) is 4.42 Å². The fraction of sp³-hybridized carbons (Fsp3) is 0.400. The first-order chi connectivity index (χ1) is 9.15. The van der Waals surface area contributed by atoms with Gasteiger partial charge in [-0.3, -0.25) is 4.79 Å². The SMILES string of the molecule is CN(CC1CC(Br)C1)C(=O)c1coc2ccccc12. The average Bonchev–Trinajstić information content (AvgIpc) is 2.79. The van der Waals surface area contributed by atoms with Gasteiger partial charge in [-0.15, -0.1) is 0 Å². The third-order valence-electron chi connectivity index (χ3n) is 3.77. The summed E-state index contributed by atoms with van der Waals surface area (Å²) in [7, 11) is 1.87. The predicted molar refractivity (Wildman–Crippen MR) is 78.6 cm³/mol. The first kappa shape index (κ1) is 12.7. The minimum Gasteiger partial charge on any atom is -0.463 e. The van der Waals surface area contributed by atoms with Crippen LogP contribution in [0.5, 0.6) is 0 Å². The van der Waals surface area contributed by atoms with Gasteiger partial charge in [0.05, 0.1) is 5.56 Å². The molecule has 0 radical (unpaired) electrons. The van der Waals surface area contributed by atoms with Crippen molar-refractivity contribution >= 4 is 32.8 Å². The number of fused-ring (bicyclic) bond motifs is 1. The minimum absolute atomic E-state index is 0.0444. The number of hydrogen-bond acceptors (Lipinski definition) is 2. The van der Waals surface area contributed by atoms with Gasteiger partial charge in [-0.05, 0) is 24.8 Å². The van der Waals surface area contributed by atoms with Gasteiger partial charge in [-0.25, -0.2) is 0 Å². The van der Waals surface area contributed by atoms with Gasteiger partial charge in [0.2, 0.25) is 0 Å². The van der Waals surface area contributed by atoms with Gasteiger partial charge in [0, 0.05) is 23.8 Å². The Bertz CT molecular complexity index is 601. The van der Waals surface area contributed by atoms with Crippen LogP contribution in [-0.4, -0.2) is 29.2 Å². The van der Waals surface area contributed by atoms with Crippen molar-refractivity contribution in [1.82, 2.24) is 4.90 Å². The number of rotatable bonds is 3. The molecule has 1 saturated carbocycles. The predicted octanol–water partition coefficient (Wildman–Crippen LogP) is 3.68. The molecule has 1 amide bonds. The molecule has 0 bridgehead atoms. The molecule has 0 spiro atoms. The topological polar surface area (TPSA) is 33.5 Å². The van der Waals surface area contributed by atoms with Crippen molar-refractivity contribution in [3.8, 4) is 0 Å². The first-order valence-corrected chi connectivity index (χ1v) is 7.42. The van der Waals surface area contributed by atoms with Crippen LogP contribution in [0.25, 0.3) is 11.0 Å². The third-order valence-corrected chi connectivity index (χ3v) is 4.52. The highest BCUT2D eigenvalue weighted by atomic mass is 79.9. The number of amides is 1. The number of furan rings is 1. The standard InChI is InChI=1S/C15H16BrNO2/c1-17(8-10-6-11(16)7-10)15(18)13-9-19-14-5-3-2-4-12(13)14/h2-5,9-11H,6-8H2,1H3. The van der Waals surface area contributed by atoms with E-state index in [1.54, 1.807) is 11.2 Å². The summed E-state index contributed by atoms with van der Waals surface area (Å²) < 4.78 is 5.43. The second-order valence-electron chi connectivity index (χ2n) is 5.27. The Hall–Kier alpha value is -1.29. The van der Waals surface area contributed by atoms with Crippen LogP contribution in [0.1, 0.15) is 23.2 Å². The summed E-state index contributed by atoms with van der Waals surface area (Å²) in [6.07, 6.45) is 3.88. The highest BCUT2D eigenvalue weighted by Crippen LogP contribution is 2.34. The van der Waals surface area contributed by atoms with E-state index < -0.39 is 0 Å². The molecule has 4 heteroatoms. The van der Waals surface area contributed by atoms with Crippen LogP contribution >= 0.6 is 15.9 Å². The number of hydrogen-bond donors (Lipinski definition) is 0. The van der Waals surface area contributed by atoms with Crippen molar-refractivity contribution in [3.05, 3.63) is 36.1 Å². The number of para-hydroxylation sites is 1. The van der Waals surface area contributed by atoms with Crippen molar-refractivity contribution < 1.29 is 9.21 Å². The Morgan fingerprint density at radius 3 is 2.89 bits per heavy atom. The summed E-state index contributed by atoms with van der Waals surface area (Å²) in [6, 6.07) is 7.65. The molecule has 1 aromatic heterocycles. The van der Waals surface area contributed by atoms with E-state index >= 15 is 0 Å². The summed E-state index contributed by atoms with van der Waals surface area (Å²) in [6.45, 7) is 0.820. The van der Waals surface area contributed by atoms with E-state index in [0.717, 1.165) is 30.4 Å². The lowest BCUT2D eigenvalue weighted by Crippen LogP contribution is -2.37. The molecule has 1 aliphatic rings.